The normalized spacial score (nSPS) is 11.9. The largest absolute Gasteiger partial charge is 0.473 e. The molecule has 1 unspecified atom stereocenters. The predicted molar refractivity (Wildman–Crippen MR) is 147 cm³/mol. The molecule has 1 N–H and O–H groups in total. The van der Waals surface area contributed by atoms with Gasteiger partial charge in [0.05, 0.1) is 10.4 Å². The molecule has 0 aliphatic carbocycles. The molecule has 3 aromatic carbocycles. The Morgan fingerprint density at radius 1 is 1.00 bits per heavy atom. The molecular weight excluding hydrogens is 497 g/mol. The lowest BCUT2D eigenvalue weighted by molar-refractivity contribution is -0.122. The number of aryl methyl sites for hydroxylation is 3. The van der Waals surface area contributed by atoms with Gasteiger partial charge >= 0.3 is 0 Å². The van der Waals surface area contributed by atoms with E-state index in [0.29, 0.717) is 21.2 Å². The van der Waals surface area contributed by atoms with Crippen LogP contribution in [0.25, 0.3) is 22.3 Å². The van der Waals surface area contributed by atoms with E-state index < -0.39 is 11.5 Å². The summed E-state index contributed by atoms with van der Waals surface area (Å²) in [6.07, 6.45) is 0.537. The van der Waals surface area contributed by atoms with E-state index in [0.717, 1.165) is 35.2 Å². The summed E-state index contributed by atoms with van der Waals surface area (Å²) in [6, 6.07) is 16.2. The van der Waals surface area contributed by atoms with E-state index in [4.69, 9.17) is 32.4 Å². The lowest BCUT2D eigenvalue weighted by Crippen LogP contribution is -2.32. The summed E-state index contributed by atoms with van der Waals surface area (Å²) >= 11 is 12.7. The second kappa shape index (κ2) is 10.8. The van der Waals surface area contributed by atoms with E-state index in [9.17, 15) is 9.59 Å². The van der Waals surface area contributed by atoms with Gasteiger partial charge in [-0.3, -0.25) is 9.59 Å². The third kappa shape index (κ3) is 4.99. The molecular formula is C29H27Cl2NO4. The zero-order valence-corrected chi connectivity index (χ0v) is 22.1. The van der Waals surface area contributed by atoms with Crippen LogP contribution in [0.1, 0.15) is 37.5 Å². The lowest BCUT2D eigenvalue weighted by atomic mass is 10.0. The summed E-state index contributed by atoms with van der Waals surface area (Å²) in [5.74, 6) is -0.322. The number of fused-ring (bicyclic) bond motifs is 1. The Bertz CT molecular complexity index is 1490. The van der Waals surface area contributed by atoms with E-state index >= 15 is 0 Å². The number of benzene rings is 3. The first kappa shape index (κ1) is 25.8. The third-order valence-corrected chi connectivity index (χ3v) is 6.90. The summed E-state index contributed by atoms with van der Waals surface area (Å²) in [5, 5.41) is 4.08. The van der Waals surface area contributed by atoms with Crippen molar-refractivity contribution in [1.82, 2.24) is 0 Å². The predicted octanol–water partition coefficient (Wildman–Crippen LogP) is 7.61. The number of amides is 1. The molecule has 0 radical (unpaired) electrons. The van der Waals surface area contributed by atoms with Crippen LogP contribution in [0.4, 0.5) is 5.69 Å². The average molecular weight is 524 g/mol. The summed E-state index contributed by atoms with van der Waals surface area (Å²) in [5.41, 5.74) is 4.01. The number of hydrogen-bond donors (Lipinski definition) is 1. The number of nitrogens with one attached hydrogen (secondary N) is 1. The fourth-order valence-corrected chi connectivity index (χ4v) is 4.47. The molecule has 1 aromatic heterocycles. The summed E-state index contributed by atoms with van der Waals surface area (Å²) in [6.45, 7) is 7.49. The van der Waals surface area contributed by atoms with Crippen molar-refractivity contribution < 1.29 is 13.9 Å². The number of rotatable bonds is 7. The molecule has 186 valence electrons. The third-order valence-electron chi connectivity index (χ3n) is 6.16. The molecule has 0 spiro atoms. The van der Waals surface area contributed by atoms with Gasteiger partial charge in [0.25, 0.3) is 5.91 Å². The van der Waals surface area contributed by atoms with Crippen molar-refractivity contribution in [3.05, 3.63) is 91.6 Å². The minimum Gasteiger partial charge on any atom is -0.473 e. The van der Waals surface area contributed by atoms with Crippen LogP contribution in [0.15, 0.2) is 63.8 Å². The molecule has 0 aliphatic heterocycles. The van der Waals surface area contributed by atoms with Gasteiger partial charge in [0.2, 0.25) is 11.2 Å². The van der Waals surface area contributed by atoms with Gasteiger partial charge in [-0.2, -0.15) is 0 Å². The number of hydrogen-bond acceptors (Lipinski definition) is 4. The van der Waals surface area contributed by atoms with Crippen LogP contribution >= 0.6 is 23.2 Å². The van der Waals surface area contributed by atoms with E-state index in [-0.39, 0.29) is 22.8 Å². The van der Waals surface area contributed by atoms with Crippen LogP contribution in [0.2, 0.25) is 10.0 Å². The van der Waals surface area contributed by atoms with Gasteiger partial charge in [-0.15, -0.1) is 0 Å². The molecule has 4 rings (SSSR count). The number of carbonyl (C=O) groups excluding carboxylic acids is 1. The highest BCUT2D eigenvalue weighted by molar-refractivity contribution is 6.33. The van der Waals surface area contributed by atoms with Crippen molar-refractivity contribution >= 4 is 45.8 Å². The molecule has 5 nitrogen and oxygen atoms in total. The monoisotopic (exact) mass is 523 g/mol. The van der Waals surface area contributed by atoms with E-state index in [2.05, 4.69) is 5.32 Å². The van der Waals surface area contributed by atoms with Crippen molar-refractivity contribution in [2.75, 3.05) is 5.32 Å². The minimum atomic E-state index is -0.998. The fraction of sp³-hybridized carbons (Fsp3) is 0.241. The van der Waals surface area contributed by atoms with Crippen LogP contribution in [0.5, 0.6) is 5.75 Å². The summed E-state index contributed by atoms with van der Waals surface area (Å²) in [4.78, 5) is 26.8. The van der Waals surface area contributed by atoms with Gasteiger partial charge in [0.15, 0.2) is 11.9 Å². The summed E-state index contributed by atoms with van der Waals surface area (Å²) < 4.78 is 12.2. The van der Waals surface area contributed by atoms with E-state index in [1.165, 1.54) is 0 Å². The van der Waals surface area contributed by atoms with Gasteiger partial charge in [-0.25, -0.2) is 0 Å². The quantitative estimate of drug-likeness (QED) is 0.270. The van der Waals surface area contributed by atoms with Crippen LogP contribution in [0.3, 0.4) is 0 Å². The molecule has 36 heavy (non-hydrogen) atoms. The maximum absolute atomic E-state index is 13.6. The molecule has 0 saturated heterocycles. The topological polar surface area (TPSA) is 68.5 Å². The Morgan fingerprint density at radius 2 is 1.67 bits per heavy atom. The first-order valence-corrected chi connectivity index (χ1v) is 12.6. The average Bonchev–Trinajstić information content (AvgIpc) is 2.87. The van der Waals surface area contributed by atoms with Gasteiger partial charge in [0.1, 0.15) is 5.58 Å². The maximum Gasteiger partial charge on any atom is 0.265 e. The SMILES string of the molecule is CCc1cccc(CC)c1NC(=O)C(C)Oc1c(-c2ccccc2Cl)oc2cc(C)c(Cl)cc2c1=O. The van der Waals surface area contributed by atoms with Crippen LogP contribution < -0.4 is 15.5 Å². The maximum atomic E-state index is 13.6. The Hall–Kier alpha value is -3.28. The number of halogens is 2. The molecule has 0 fully saturated rings. The number of ether oxygens (including phenoxy) is 1. The first-order valence-electron chi connectivity index (χ1n) is 11.8. The van der Waals surface area contributed by atoms with E-state index in [1.54, 1.807) is 43.3 Å². The molecule has 0 saturated carbocycles. The van der Waals surface area contributed by atoms with Gasteiger partial charge in [0, 0.05) is 16.3 Å². The van der Waals surface area contributed by atoms with Gasteiger partial charge in [-0.05, 0) is 67.6 Å². The highest BCUT2D eigenvalue weighted by atomic mass is 35.5. The van der Waals surface area contributed by atoms with Crippen molar-refractivity contribution in [2.45, 2.75) is 46.6 Å². The molecule has 0 bridgehead atoms. The van der Waals surface area contributed by atoms with Crippen molar-refractivity contribution in [3.8, 4) is 17.1 Å². The molecule has 1 amide bonds. The van der Waals surface area contributed by atoms with E-state index in [1.807, 2.05) is 39.0 Å². The molecule has 1 heterocycles. The Kier molecular flexibility index (Phi) is 7.72. The second-order valence-corrected chi connectivity index (χ2v) is 9.39. The lowest BCUT2D eigenvalue weighted by Gasteiger charge is -2.19. The van der Waals surface area contributed by atoms with Crippen molar-refractivity contribution in [2.24, 2.45) is 0 Å². The number of anilines is 1. The van der Waals surface area contributed by atoms with Crippen LogP contribution in [-0.2, 0) is 17.6 Å². The molecule has 1 atom stereocenters. The molecule has 0 aliphatic rings. The van der Waals surface area contributed by atoms with Crippen molar-refractivity contribution in [1.29, 1.82) is 0 Å². The minimum absolute atomic E-state index is 0.0994. The zero-order chi connectivity index (χ0) is 26.0. The van der Waals surface area contributed by atoms with Gasteiger partial charge < -0.3 is 14.5 Å². The smallest absolute Gasteiger partial charge is 0.265 e. The second-order valence-electron chi connectivity index (χ2n) is 8.57. The Balaban J connectivity index is 1.79. The summed E-state index contributed by atoms with van der Waals surface area (Å²) in [7, 11) is 0. The fourth-order valence-electron chi connectivity index (χ4n) is 4.09. The zero-order valence-electron chi connectivity index (χ0n) is 20.6. The van der Waals surface area contributed by atoms with Crippen LogP contribution in [0, 0.1) is 6.92 Å². The van der Waals surface area contributed by atoms with Crippen LogP contribution in [-0.4, -0.2) is 12.0 Å². The van der Waals surface area contributed by atoms with Gasteiger partial charge in [-0.1, -0.05) is 67.4 Å². The highest BCUT2D eigenvalue weighted by Crippen LogP contribution is 2.36. The number of carbonyl (C=O) groups is 1. The molecule has 7 heteroatoms. The molecule has 4 aromatic rings. The number of para-hydroxylation sites is 1. The standard InChI is InChI=1S/C29H27Cl2NO4/c1-5-18-10-9-11-19(6-2)25(18)32-29(34)17(4)35-28-26(33)21-15-23(31)16(3)14-24(21)36-27(28)20-12-7-8-13-22(20)30/h7-15,17H,5-6H2,1-4H3,(H,32,34). The Morgan fingerprint density at radius 3 is 2.31 bits per heavy atom. The van der Waals surface area contributed by atoms with Crippen molar-refractivity contribution in [3.63, 3.8) is 0 Å². The first-order chi connectivity index (χ1) is 17.2. The highest BCUT2D eigenvalue weighted by Gasteiger charge is 2.25. The Labute approximate surface area is 220 Å².